The average Bonchev–Trinajstić information content (AvgIpc) is 3.75. The number of pyridine rings is 1. The molecule has 3 heterocycles. The molecule has 3 aliphatic rings. The highest BCUT2D eigenvalue weighted by molar-refractivity contribution is 6.61. The third-order valence-corrected chi connectivity index (χ3v) is 8.21. The number of halogens is 1. The van der Waals surface area contributed by atoms with Crippen molar-refractivity contribution in [2.75, 3.05) is 44.2 Å². The third-order valence-electron chi connectivity index (χ3n) is 8.21. The van der Waals surface area contributed by atoms with Crippen molar-refractivity contribution in [1.29, 1.82) is 0 Å². The Morgan fingerprint density at radius 1 is 1.18 bits per heavy atom. The number of hydrogen-bond acceptors (Lipinski definition) is 7. The van der Waals surface area contributed by atoms with E-state index < -0.39 is 24.3 Å². The van der Waals surface area contributed by atoms with Gasteiger partial charge in [-0.25, -0.2) is 9.18 Å². The molecule has 6 rings (SSSR count). The molecule has 2 aromatic carbocycles. The van der Waals surface area contributed by atoms with E-state index in [1.54, 1.807) is 6.07 Å². The molecule has 2 aliphatic heterocycles. The molecule has 1 saturated heterocycles. The van der Waals surface area contributed by atoms with Crippen LogP contribution in [0.1, 0.15) is 60.7 Å². The normalized spacial score (nSPS) is 19.3. The first-order valence-electron chi connectivity index (χ1n) is 14.0. The molecule has 1 aliphatic carbocycles. The van der Waals surface area contributed by atoms with Crippen molar-refractivity contribution in [3.8, 4) is 5.75 Å². The molecule has 210 valence electrons. The summed E-state index contributed by atoms with van der Waals surface area (Å²) in [6.07, 6.45) is 4.79. The number of aromatic carboxylic acids is 1. The van der Waals surface area contributed by atoms with Crippen molar-refractivity contribution in [2.45, 2.75) is 44.8 Å². The summed E-state index contributed by atoms with van der Waals surface area (Å²) in [6, 6.07) is 8.80. The van der Waals surface area contributed by atoms with Crippen molar-refractivity contribution in [2.24, 2.45) is 0 Å². The van der Waals surface area contributed by atoms with Crippen LogP contribution in [-0.4, -0.2) is 72.0 Å². The first kappa shape index (κ1) is 26.8. The van der Waals surface area contributed by atoms with E-state index in [1.165, 1.54) is 12.3 Å². The van der Waals surface area contributed by atoms with Crippen molar-refractivity contribution >= 4 is 35.1 Å². The lowest BCUT2D eigenvalue weighted by Crippen LogP contribution is -2.47. The number of carbonyl (C=O) groups is 1. The molecule has 2 N–H and O–H groups in total. The number of carboxylic acid groups (broad SMARTS) is 1. The van der Waals surface area contributed by atoms with Gasteiger partial charge in [-0.3, -0.25) is 9.69 Å². The van der Waals surface area contributed by atoms with Crippen LogP contribution in [0.5, 0.6) is 5.75 Å². The molecule has 3 aromatic rings. The van der Waals surface area contributed by atoms with E-state index in [2.05, 4.69) is 4.90 Å². The Bertz CT molecular complexity index is 1500. The third kappa shape index (κ3) is 5.09. The summed E-state index contributed by atoms with van der Waals surface area (Å²) in [5, 5.41) is 19.7. The molecule has 0 unspecified atom stereocenters. The molecule has 40 heavy (non-hydrogen) atoms. The van der Waals surface area contributed by atoms with Crippen molar-refractivity contribution in [3.63, 3.8) is 0 Å². The van der Waals surface area contributed by atoms with Crippen LogP contribution >= 0.6 is 0 Å². The quantitative estimate of drug-likeness (QED) is 0.310. The van der Waals surface area contributed by atoms with Gasteiger partial charge in [-0.15, -0.1) is 0 Å². The molecule has 0 spiro atoms. The number of rotatable bonds is 9. The van der Waals surface area contributed by atoms with E-state index in [4.69, 9.17) is 9.39 Å². The number of benzene rings is 2. The zero-order valence-corrected chi connectivity index (χ0v) is 22.5. The summed E-state index contributed by atoms with van der Waals surface area (Å²) in [7, 11) is -0.907. The lowest BCUT2D eigenvalue weighted by atomic mass is 9.79. The highest BCUT2D eigenvalue weighted by atomic mass is 19.1. The lowest BCUT2D eigenvalue weighted by molar-refractivity contribution is 0.0694. The number of aromatic nitrogens is 1. The topological polar surface area (TPSA) is 104 Å². The van der Waals surface area contributed by atoms with E-state index >= 15 is 4.39 Å². The standard InChI is InChI=1S/C29H33BFN3O6/c1-2-27-20-7-6-19(14-23(20)30(38)40-27)39-13-3-8-32-9-11-33(12-10-32)26-16-25-21(15-24(26)31)28(35)22(29(36)37)17-34(25)18-4-5-18/h6-7,14-18,27,38H,2-5,8-13H2,1H3,(H,36,37)/t27-/m1/s1. The first-order chi connectivity index (χ1) is 19.3. The number of fused-ring (bicyclic) bond motifs is 2. The predicted octanol–water partition coefficient (Wildman–Crippen LogP) is 2.93. The Kier molecular flexibility index (Phi) is 7.28. The number of piperazine rings is 1. The van der Waals surface area contributed by atoms with Crippen molar-refractivity contribution < 1.29 is 28.7 Å². The zero-order chi connectivity index (χ0) is 28.0. The summed E-state index contributed by atoms with van der Waals surface area (Å²) in [5.74, 6) is -1.08. The van der Waals surface area contributed by atoms with Gasteiger partial charge in [0.2, 0.25) is 5.43 Å². The van der Waals surface area contributed by atoms with Gasteiger partial charge < -0.3 is 29.0 Å². The minimum Gasteiger partial charge on any atom is -0.494 e. The second-order valence-corrected chi connectivity index (χ2v) is 10.8. The van der Waals surface area contributed by atoms with Crippen LogP contribution in [-0.2, 0) is 4.65 Å². The second-order valence-electron chi connectivity index (χ2n) is 10.8. The number of carboxylic acids is 1. The summed E-state index contributed by atoms with van der Waals surface area (Å²) in [5.41, 5.74) is 1.86. The zero-order valence-electron chi connectivity index (χ0n) is 22.5. The predicted molar refractivity (Wildman–Crippen MR) is 150 cm³/mol. The second kappa shape index (κ2) is 10.9. The Labute approximate surface area is 231 Å². The fraction of sp³-hybridized carbons (Fsp3) is 0.448. The van der Waals surface area contributed by atoms with Crippen LogP contribution in [0.15, 0.2) is 41.3 Å². The summed E-state index contributed by atoms with van der Waals surface area (Å²) < 4.78 is 28.6. The van der Waals surface area contributed by atoms with Crippen molar-refractivity contribution in [3.05, 3.63) is 63.7 Å². The molecule has 9 nitrogen and oxygen atoms in total. The Hall–Kier alpha value is -3.41. The molecule has 1 atom stereocenters. The lowest BCUT2D eigenvalue weighted by Gasteiger charge is -2.36. The first-order valence-corrected chi connectivity index (χ1v) is 14.0. The van der Waals surface area contributed by atoms with Crippen LogP contribution in [0, 0.1) is 5.82 Å². The van der Waals surface area contributed by atoms with Crippen LogP contribution < -0.4 is 20.5 Å². The Morgan fingerprint density at radius 2 is 1.95 bits per heavy atom. The van der Waals surface area contributed by atoms with Crippen LogP contribution in [0.4, 0.5) is 10.1 Å². The largest absolute Gasteiger partial charge is 0.494 e. The highest BCUT2D eigenvalue weighted by Crippen LogP contribution is 2.38. The van der Waals surface area contributed by atoms with E-state index in [0.717, 1.165) is 62.1 Å². The average molecular weight is 549 g/mol. The summed E-state index contributed by atoms with van der Waals surface area (Å²) in [6.45, 7) is 6.25. The van der Waals surface area contributed by atoms with Gasteiger partial charge in [-0.2, -0.15) is 0 Å². The van der Waals surface area contributed by atoms with E-state index in [9.17, 15) is 19.7 Å². The van der Waals surface area contributed by atoms with E-state index in [0.29, 0.717) is 30.9 Å². The number of nitrogens with zero attached hydrogens (tertiary/aromatic N) is 3. The van der Waals surface area contributed by atoms with Gasteiger partial charge in [-0.05, 0) is 61.0 Å². The Balaban J connectivity index is 1.06. The molecule has 2 fully saturated rings. The molecular formula is C29H33BFN3O6. The molecule has 0 bridgehead atoms. The van der Waals surface area contributed by atoms with Crippen LogP contribution in [0.25, 0.3) is 10.9 Å². The Morgan fingerprint density at radius 3 is 2.65 bits per heavy atom. The number of hydrogen-bond donors (Lipinski definition) is 2. The smallest absolute Gasteiger partial charge is 0.492 e. The minimum atomic E-state index is -1.29. The molecule has 1 saturated carbocycles. The van der Waals surface area contributed by atoms with Gasteiger partial charge in [0.15, 0.2) is 0 Å². The SMILES string of the molecule is CC[C@H]1OB(O)c2cc(OCCCN3CCN(c4cc5c(cc4F)c(=O)c(C(=O)O)cn5C4CC4)CC3)ccc21. The fourth-order valence-corrected chi connectivity index (χ4v) is 5.87. The number of anilines is 1. The number of ether oxygens (including phenoxy) is 1. The van der Waals surface area contributed by atoms with Gasteiger partial charge >= 0.3 is 13.1 Å². The monoisotopic (exact) mass is 549 g/mol. The minimum absolute atomic E-state index is 0.0752. The van der Waals surface area contributed by atoms with Gasteiger partial charge in [0.05, 0.1) is 23.9 Å². The van der Waals surface area contributed by atoms with Gasteiger partial charge in [-0.1, -0.05) is 13.0 Å². The molecule has 11 heteroatoms. The fourth-order valence-electron chi connectivity index (χ4n) is 5.87. The molecule has 1 aromatic heterocycles. The maximum Gasteiger partial charge on any atom is 0.492 e. The molecule has 0 radical (unpaired) electrons. The van der Waals surface area contributed by atoms with E-state index in [1.807, 2.05) is 34.6 Å². The van der Waals surface area contributed by atoms with Gasteiger partial charge in [0, 0.05) is 50.3 Å². The van der Waals surface area contributed by atoms with Gasteiger partial charge in [0.25, 0.3) is 0 Å². The van der Waals surface area contributed by atoms with Crippen molar-refractivity contribution in [1.82, 2.24) is 9.47 Å². The maximum atomic E-state index is 15.2. The summed E-state index contributed by atoms with van der Waals surface area (Å²) in [4.78, 5) is 28.7. The van der Waals surface area contributed by atoms with Gasteiger partial charge in [0.1, 0.15) is 17.1 Å². The highest BCUT2D eigenvalue weighted by Gasteiger charge is 2.34. The molecular weight excluding hydrogens is 516 g/mol. The molecule has 0 amide bonds. The van der Waals surface area contributed by atoms with E-state index in [-0.39, 0.29) is 23.1 Å². The van der Waals surface area contributed by atoms with Crippen LogP contribution in [0.2, 0.25) is 0 Å². The maximum absolute atomic E-state index is 15.2. The van der Waals surface area contributed by atoms with Crippen LogP contribution in [0.3, 0.4) is 0 Å². The summed E-state index contributed by atoms with van der Waals surface area (Å²) >= 11 is 0.